The molecule has 0 heterocycles. The van der Waals surface area contributed by atoms with E-state index in [4.69, 9.17) is 14.2 Å². The van der Waals surface area contributed by atoms with E-state index in [-0.39, 0.29) is 6.61 Å². The van der Waals surface area contributed by atoms with Crippen molar-refractivity contribution in [2.75, 3.05) is 13.2 Å². The highest BCUT2D eigenvalue weighted by Gasteiger charge is 2.28. The highest BCUT2D eigenvalue weighted by molar-refractivity contribution is 5.83. The largest absolute Gasteiger partial charge is 0.458 e. The molecule has 0 radical (unpaired) electrons. The predicted octanol–water partition coefficient (Wildman–Crippen LogP) is 1.07. The Morgan fingerprint density at radius 3 is 1.70 bits per heavy atom. The lowest BCUT2D eigenvalue weighted by molar-refractivity contribution is -0.172. The molecule has 0 aliphatic rings. The normalized spacial score (nSPS) is 14.1. The third-order valence-electron chi connectivity index (χ3n) is 2.43. The minimum absolute atomic E-state index is 0.360. The molecule has 0 saturated carbocycles. The van der Waals surface area contributed by atoms with Crippen LogP contribution in [0.3, 0.4) is 0 Å². The highest BCUT2D eigenvalue weighted by Crippen LogP contribution is 2.08. The Bertz CT molecular complexity index is 477. The topological polar surface area (TPSA) is 99.1 Å². The maximum Gasteiger partial charge on any atom is 0.330 e. The Balaban J connectivity index is 4.99. The number of carbonyl (C=O) groups excluding carboxylic acids is 3. The summed E-state index contributed by atoms with van der Waals surface area (Å²) in [6.07, 6.45) is 5.61. The quantitative estimate of drug-likeness (QED) is 0.384. The molecule has 1 N–H and O–H groups in total. The van der Waals surface area contributed by atoms with Gasteiger partial charge in [0.25, 0.3) is 0 Å². The lowest BCUT2D eigenvalue weighted by atomic mass is 10.2. The van der Waals surface area contributed by atoms with Gasteiger partial charge in [-0.05, 0) is 20.8 Å². The molecule has 0 spiro atoms. The van der Waals surface area contributed by atoms with Crippen LogP contribution in [0.5, 0.6) is 0 Å². The van der Waals surface area contributed by atoms with Crippen molar-refractivity contribution in [1.29, 1.82) is 0 Å². The number of ether oxygens (including phenoxy) is 3. The third kappa shape index (κ3) is 9.26. The van der Waals surface area contributed by atoms with Crippen LogP contribution in [0.25, 0.3) is 0 Å². The van der Waals surface area contributed by atoms with Crippen LogP contribution in [0.15, 0.2) is 36.5 Å². The van der Waals surface area contributed by atoms with Gasteiger partial charge < -0.3 is 19.3 Å². The summed E-state index contributed by atoms with van der Waals surface area (Å²) in [6.45, 7) is 3.93. The number of esters is 3. The van der Waals surface area contributed by atoms with Crippen molar-refractivity contribution in [1.82, 2.24) is 0 Å². The SMILES string of the molecule is C/C=C\C(=O)OCC(OC(=O)/C=C\C)C(CO)OC(=O)/C=C\C. The number of aliphatic hydroxyl groups excluding tert-OH is 1. The first kappa shape index (κ1) is 20.6. The summed E-state index contributed by atoms with van der Waals surface area (Å²) < 4.78 is 15.0. The molecule has 128 valence electrons. The van der Waals surface area contributed by atoms with Crippen molar-refractivity contribution < 1.29 is 33.7 Å². The Morgan fingerprint density at radius 2 is 1.26 bits per heavy atom. The molecule has 2 unspecified atom stereocenters. The summed E-state index contributed by atoms with van der Waals surface area (Å²) in [6, 6.07) is 0. The van der Waals surface area contributed by atoms with E-state index in [1.807, 2.05) is 0 Å². The molecule has 0 aliphatic heterocycles. The third-order valence-corrected chi connectivity index (χ3v) is 2.43. The summed E-state index contributed by atoms with van der Waals surface area (Å²) in [5, 5.41) is 9.36. The molecule has 0 saturated heterocycles. The molecule has 0 fully saturated rings. The zero-order chi connectivity index (χ0) is 17.7. The van der Waals surface area contributed by atoms with Crippen LogP contribution >= 0.6 is 0 Å². The number of aliphatic hydroxyl groups is 1. The molecule has 0 amide bonds. The molecule has 0 aliphatic carbocycles. The van der Waals surface area contributed by atoms with Crippen molar-refractivity contribution in [3.63, 3.8) is 0 Å². The average molecular weight is 326 g/mol. The molecule has 0 rings (SSSR count). The zero-order valence-electron chi connectivity index (χ0n) is 13.4. The van der Waals surface area contributed by atoms with Crippen LogP contribution in [-0.2, 0) is 28.6 Å². The fourth-order valence-electron chi connectivity index (χ4n) is 1.45. The average Bonchev–Trinajstić information content (AvgIpc) is 2.50. The van der Waals surface area contributed by atoms with E-state index in [2.05, 4.69) is 0 Å². The summed E-state index contributed by atoms with van der Waals surface area (Å²) in [4.78, 5) is 34.4. The maximum absolute atomic E-state index is 11.6. The minimum Gasteiger partial charge on any atom is -0.458 e. The number of rotatable bonds is 9. The number of hydrogen-bond donors (Lipinski definition) is 1. The van der Waals surface area contributed by atoms with Gasteiger partial charge in [0.05, 0.1) is 6.61 Å². The number of carbonyl (C=O) groups is 3. The van der Waals surface area contributed by atoms with Crippen LogP contribution in [0.2, 0.25) is 0 Å². The van der Waals surface area contributed by atoms with Crippen LogP contribution in [0, 0.1) is 0 Å². The first-order valence-electron chi connectivity index (χ1n) is 7.05. The van der Waals surface area contributed by atoms with Gasteiger partial charge in [-0.1, -0.05) is 18.2 Å². The summed E-state index contributed by atoms with van der Waals surface area (Å²) >= 11 is 0. The number of allylic oxidation sites excluding steroid dienone is 3. The van der Waals surface area contributed by atoms with Crippen LogP contribution in [0.4, 0.5) is 0 Å². The Kier molecular flexibility index (Phi) is 10.9. The molecular weight excluding hydrogens is 304 g/mol. The van der Waals surface area contributed by atoms with Gasteiger partial charge in [0.1, 0.15) is 6.61 Å². The van der Waals surface area contributed by atoms with Gasteiger partial charge in [0.15, 0.2) is 12.2 Å². The van der Waals surface area contributed by atoms with E-state index in [0.717, 1.165) is 12.2 Å². The fourth-order valence-corrected chi connectivity index (χ4v) is 1.45. The fraction of sp³-hybridized carbons (Fsp3) is 0.438. The first-order valence-corrected chi connectivity index (χ1v) is 7.05. The predicted molar refractivity (Wildman–Crippen MR) is 82.2 cm³/mol. The van der Waals surface area contributed by atoms with E-state index < -0.39 is 36.7 Å². The van der Waals surface area contributed by atoms with Gasteiger partial charge in [0.2, 0.25) is 0 Å². The van der Waals surface area contributed by atoms with Crippen LogP contribution in [0.1, 0.15) is 20.8 Å². The van der Waals surface area contributed by atoms with Crippen molar-refractivity contribution in [2.45, 2.75) is 33.0 Å². The Morgan fingerprint density at radius 1 is 0.826 bits per heavy atom. The Hall–Kier alpha value is -2.41. The lowest BCUT2D eigenvalue weighted by Gasteiger charge is -2.24. The van der Waals surface area contributed by atoms with E-state index in [0.29, 0.717) is 0 Å². The van der Waals surface area contributed by atoms with E-state index in [9.17, 15) is 19.5 Å². The van der Waals surface area contributed by atoms with Gasteiger partial charge in [-0.3, -0.25) is 0 Å². The lowest BCUT2D eigenvalue weighted by Crippen LogP contribution is -2.41. The van der Waals surface area contributed by atoms with Crippen molar-refractivity contribution in [2.24, 2.45) is 0 Å². The van der Waals surface area contributed by atoms with Gasteiger partial charge in [-0.25, -0.2) is 14.4 Å². The van der Waals surface area contributed by atoms with E-state index in [1.165, 1.54) is 24.3 Å². The van der Waals surface area contributed by atoms with Crippen molar-refractivity contribution in [3.8, 4) is 0 Å². The minimum atomic E-state index is -1.16. The number of hydrogen-bond acceptors (Lipinski definition) is 7. The highest BCUT2D eigenvalue weighted by atomic mass is 16.6. The van der Waals surface area contributed by atoms with Crippen molar-refractivity contribution in [3.05, 3.63) is 36.5 Å². The standard InChI is InChI=1S/C16H22O7/c1-4-7-14(18)21-11-13(23-16(20)9-6-3)12(10-17)22-15(19)8-5-2/h4-9,12-13,17H,10-11H2,1-3H3/b7-4-,8-5-,9-6-. The smallest absolute Gasteiger partial charge is 0.330 e. The first-order chi connectivity index (χ1) is 11.0. The molecule has 0 aromatic carbocycles. The monoisotopic (exact) mass is 326 g/mol. The molecule has 7 nitrogen and oxygen atoms in total. The van der Waals surface area contributed by atoms with Gasteiger partial charge >= 0.3 is 17.9 Å². The van der Waals surface area contributed by atoms with Gasteiger partial charge in [-0.2, -0.15) is 0 Å². The second-order valence-electron chi connectivity index (χ2n) is 4.26. The molecule has 0 aromatic rings. The molecule has 0 aromatic heterocycles. The molecule has 0 bridgehead atoms. The summed E-state index contributed by atoms with van der Waals surface area (Å²) in [7, 11) is 0. The summed E-state index contributed by atoms with van der Waals surface area (Å²) in [5.41, 5.74) is 0. The van der Waals surface area contributed by atoms with Gasteiger partial charge in [-0.15, -0.1) is 0 Å². The molecule has 23 heavy (non-hydrogen) atoms. The summed E-state index contributed by atoms with van der Waals surface area (Å²) in [5.74, 6) is -2.06. The van der Waals surface area contributed by atoms with Crippen LogP contribution in [-0.4, -0.2) is 48.4 Å². The second-order valence-corrected chi connectivity index (χ2v) is 4.26. The van der Waals surface area contributed by atoms with E-state index >= 15 is 0 Å². The molecule has 2 atom stereocenters. The van der Waals surface area contributed by atoms with Crippen LogP contribution < -0.4 is 0 Å². The van der Waals surface area contributed by atoms with Crippen molar-refractivity contribution >= 4 is 17.9 Å². The maximum atomic E-state index is 11.6. The molecule has 7 heteroatoms. The van der Waals surface area contributed by atoms with E-state index in [1.54, 1.807) is 20.8 Å². The van der Waals surface area contributed by atoms with Gasteiger partial charge in [0, 0.05) is 18.2 Å². The Labute approximate surface area is 135 Å². The second kappa shape index (κ2) is 12.2. The zero-order valence-corrected chi connectivity index (χ0v) is 13.4. The molecular formula is C16H22O7.